The van der Waals surface area contributed by atoms with Gasteiger partial charge in [-0.05, 0) is 37.8 Å². The average Bonchev–Trinajstić information content (AvgIpc) is 2.78. The number of piperidine rings is 1. The van der Waals surface area contributed by atoms with E-state index >= 15 is 0 Å². The third-order valence-electron chi connectivity index (χ3n) is 6.00. The van der Waals surface area contributed by atoms with E-state index in [2.05, 4.69) is 32.7 Å². The summed E-state index contributed by atoms with van der Waals surface area (Å²) < 4.78 is 5.39. The lowest BCUT2D eigenvalue weighted by molar-refractivity contribution is -0.127. The molecule has 1 amide bonds. The van der Waals surface area contributed by atoms with Crippen molar-refractivity contribution in [1.29, 1.82) is 0 Å². The van der Waals surface area contributed by atoms with Gasteiger partial charge in [-0.15, -0.1) is 0 Å². The van der Waals surface area contributed by atoms with Gasteiger partial charge < -0.3 is 25.2 Å². The van der Waals surface area contributed by atoms with E-state index in [9.17, 15) is 4.79 Å². The van der Waals surface area contributed by atoms with Crippen LogP contribution in [0.3, 0.4) is 0 Å². The summed E-state index contributed by atoms with van der Waals surface area (Å²) in [5, 5.41) is 7.22. The van der Waals surface area contributed by atoms with Crippen molar-refractivity contribution in [1.82, 2.24) is 15.5 Å². The molecule has 1 unspecified atom stereocenters. The maximum atomic E-state index is 12.1. The van der Waals surface area contributed by atoms with Crippen molar-refractivity contribution in [3.05, 3.63) is 24.3 Å². The van der Waals surface area contributed by atoms with Crippen LogP contribution in [0.5, 0.6) is 5.75 Å². The van der Waals surface area contributed by atoms with Gasteiger partial charge in [-0.25, -0.2) is 4.99 Å². The van der Waals surface area contributed by atoms with E-state index in [1.807, 2.05) is 12.1 Å². The zero-order valence-corrected chi connectivity index (χ0v) is 18.7. The third kappa shape index (κ3) is 6.54. The molecule has 0 spiro atoms. The van der Waals surface area contributed by atoms with Gasteiger partial charge in [0.1, 0.15) is 12.3 Å². The number of rotatable bonds is 6. The van der Waals surface area contributed by atoms with Crippen LogP contribution >= 0.6 is 0 Å². The van der Waals surface area contributed by atoms with E-state index < -0.39 is 0 Å². The first-order valence-electron chi connectivity index (χ1n) is 11.2. The van der Waals surface area contributed by atoms with Crippen LogP contribution in [0.25, 0.3) is 0 Å². The number of likely N-dealkylation sites (N-methyl/N-ethyl adjacent to an activating group) is 1. The molecule has 2 fully saturated rings. The predicted molar refractivity (Wildman–Crippen MR) is 122 cm³/mol. The monoisotopic (exact) mass is 415 g/mol. The lowest BCUT2D eigenvalue weighted by Gasteiger charge is -2.36. The average molecular weight is 416 g/mol. The molecule has 1 saturated carbocycles. The number of nitrogens with zero attached hydrogens (tertiary/aromatic N) is 3. The van der Waals surface area contributed by atoms with Crippen LogP contribution in [0.1, 0.15) is 44.9 Å². The maximum absolute atomic E-state index is 12.1. The molecule has 30 heavy (non-hydrogen) atoms. The van der Waals surface area contributed by atoms with Crippen LogP contribution in [0.2, 0.25) is 0 Å². The van der Waals surface area contributed by atoms with E-state index in [1.54, 1.807) is 26.1 Å². The van der Waals surface area contributed by atoms with E-state index in [0.717, 1.165) is 37.6 Å². The van der Waals surface area contributed by atoms with Gasteiger partial charge in [0.2, 0.25) is 5.91 Å². The van der Waals surface area contributed by atoms with Crippen LogP contribution in [-0.2, 0) is 4.79 Å². The van der Waals surface area contributed by atoms with Gasteiger partial charge in [-0.3, -0.25) is 4.79 Å². The van der Waals surface area contributed by atoms with E-state index in [1.165, 1.54) is 37.8 Å². The predicted octanol–water partition coefficient (Wildman–Crippen LogP) is 2.62. The number of nitrogens with one attached hydrogen (secondary N) is 2. The summed E-state index contributed by atoms with van der Waals surface area (Å²) in [7, 11) is 5.24. The van der Waals surface area contributed by atoms with E-state index in [4.69, 9.17) is 4.74 Å². The first-order chi connectivity index (χ1) is 14.5. The molecule has 1 aliphatic carbocycles. The summed E-state index contributed by atoms with van der Waals surface area (Å²) >= 11 is 0. The normalized spacial score (nSPS) is 20.6. The number of ether oxygens (including phenoxy) is 1. The third-order valence-corrected chi connectivity index (χ3v) is 6.00. The molecule has 3 rings (SSSR count). The molecule has 1 aliphatic heterocycles. The molecule has 1 atom stereocenters. The molecule has 1 saturated heterocycles. The highest BCUT2D eigenvalue weighted by Crippen LogP contribution is 2.24. The molecular weight excluding hydrogens is 378 g/mol. The summed E-state index contributed by atoms with van der Waals surface area (Å²) in [6, 6.07) is 8.97. The van der Waals surface area contributed by atoms with Crippen molar-refractivity contribution >= 4 is 17.6 Å². The van der Waals surface area contributed by atoms with Crippen molar-refractivity contribution in [2.24, 2.45) is 4.99 Å². The van der Waals surface area contributed by atoms with Gasteiger partial charge in [-0.2, -0.15) is 0 Å². The lowest BCUT2D eigenvalue weighted by atomic mass is 9.96. The summed E-state index contributed by atoms with van der Waals surface area (Å²) in [5.41, 5.74) is 1.18. The smallest absolute Gasteiger partial charge is 0.243 e. The number of amides is 1. The Balaban J connectivity index is 1.65. The highest BCUT2D eigenvalue weighted by molar-refractivity contribution is 5.85. The fourth-order valence-corrected chi connectivity index (χ4v) is 4.19. The molecular formula is C23H37N5O2. The molecule has 2 N–H and O–H groups in total. The molecule has 1 aromatic carbocycles. The lowest BCUT2D eigenvalue weighted by Crippen LogP contribution is -2.53. The number of carbonyl (C=O) groups excluding carboxylic acids is 1. The van der Waals surface area contributed by atoms with Gasteiger partial charge in [-0.1, -0.05) is 25.3 Å². The van der Waals surface area contributed by atoms with Crippen molar-refractivity contribution < 1.29 is 9.53 Å². The second-order valence-corrected chi connectivity index (χ2v) is 8.56. The minimum atomic E-state index is 0.0152. The van der Waals surface area contributed by atoms with Gasteiger partial charge in [0.25, 0.3) is 0 Å². The quantitative estimate of drug-likeness (QED) is 0.552. The number of methoxy groups -OCH3 is 1. The van der Waals surface area contributed by atoms with Gasteiger partial charge in [0, 0.05) is 51.0 Å². The second-order valence-electron chi connectivity index (χ2n) is 8.56. The Morgan fingerprint density at radius 1 is 1.13 bits per heavy atom. The first kappa shape index (κ1) is 22.2. The van der Waals surface area contributed by atoms with Crippen molar-refractivity contribution in [3.63, 3.8) is 0 Å². The van der Waals surface area contributed by atoms with Crippen LogP contribution in [0.15, 0.2) is 29.3 Å². The highest BCUT2D eigenvalue weighted by Gasteiger charge is 2.23. The maximum Gasteiger partial charge on any atom is 0.243 e. The number of guanidine groups is 1. The molecule has 1 heterocycles. The molecule has 166 valence electrons. The van der Waals surface area contributed by atoms with Crippen molar-refractivity contribution in [2.75, 3.05) is 45.7 Å². The Kier molecular flexibility index (Phi) is 8.22. The van der Waals surface area contributed by atoms with Crippen LogP contribution < -0.4 is 20.3 Å². The fraction of sp³-hybridized carbons (Fsp3) is 0.652. The summed E-state index contributed by atoms with van der Waals surface area (Å²) in [6.45, 7) is 2.11. The Morgan fingerprint density at radius 3 is 2.60 bits per heavy atom. The summed E-state index contributed by atoms with van der Waals surface area (Å²) in [6.07, 6.45) is 8.38. The van der Waals surface area contributed by atoms with Crippen LogP contribution in [0.4, 0.5) is 5.69 Å². The number of hydrogen-bond donors (Lipinski definition) is 2. The molecule has 0 bridgehead atoms. The number of aliphatic imine (C=N–C) groups is 1. The molecule has 7 heteroatoms. The standard InChI is InChI=1S/C23H37N5O2/c1-27(2)22(29)16-24-23(25-18-9-5-4-6-10-18)26-19-11-8-14-28(17-19)20-12-7-13-21(15-20)30-3/h7,12-13,15,18-19H,4-6,8-11,14,16-17H2,1-3H3,(H2,24,25,26). The molecule has 1 aromatic rings. The molecule has 2 aliphatic rings. The Hall–Kier alpha value is -2.44. The van der Waals surface area contributed by atoms with Crippen LogP contribution in [-0.4, -0.2) is 69.7 Å². The van der Waals surface area contributed by atoms with Gasteiger partial charge in [0.15, 0.2) is 5.96 Å². The van der Waals surface area contributed by atoms with Gasteiger partial charge >= 0.3 is 0 Å². The number of hydrogen-bond acceptors (Lipinski definition) is 4. The summed E-state index contributed by atoms with van der Waals surface area (Å²) in [4.78, 5) is 20.7. The molecule has 0 radical (unpaired) electrons. The Bertz CT molecular complexity index is 715. The SMILES string of the molecule is COc1cccc(N2CCCC(NC(=NCC(=O)N(C)C)NC3CCCCC3)C2)c1. The zero-order chi connectivity index (χ0) is 21.3. The second kappa shape index (κ2) is 11.1. The van der Waals surface area contributed by atoms with E-state index in [0.29, 0.717) is 6.04 Å². The van der Waals surface area contributed by atoms with E-state index in [-0.39, 0.29) is 18.5 Å². The fourth-order valence-electron chi connectivity index (χ4n) is 4.19. The number of benzene rings is 1. The minimum Gasteiger partial charge on any atom is -0.497 e. The minimum absolute atomic E-state index is 0.0152. The number of anilines is 1. The molecule has 7 nitrogen and oxygen atoms in total. The zero-order valence-electron chi connectivity index (χ0n) is 18.7. The van der Waals surface area contributed by atoms with Gasteiger partial charge in [0.05, 0.1) is 7.11 Å². The largest absolute Gasteiger partial charge is 0.497 e. The highest BCUT2D eigenvalue weighted by atomic mass is 16.5. The topological polar surface area (TPSA) is 69.2 Å². The van der Waals surface area contributed by atoms with Crippen molar-refractivity contribution in [2.45, 2.75) is 57.0 Å². The van der Waals surface area contributed by atoms with Crippen molar-refractivity contribution in [3.8, 4) is 5.75 Å². The Morgan fingerprint density at radius 2 is 1.87 bits per heavy atom. The van der Waals surface area contributed by atoms with Crippen LogP contribution in [0, 0.1) is 0 Å². The Labute approximate surface area is 180 Å². The first-order valence-corrected chi connectivity index (χ1v) is 11.2. The molecule has 0 aromatic heterocycles. The summed E-state index contributed by atoms with van der Waals surface area (Å²) in [5.74, 6) is 1.67. The number of carbonyl (C=O) groups is 1.